The Bertz CT molecular complexity index is 928. The number of carbonyl (C=O) groups is 5. The molecule has 0 saturated heterocycles. The van der Waals surface area contributed by atoms with Crippen molar-refractivity contribution in [3.8, 4) is 5.75 Å². The second-order valence-electron chi connectivity index (χ2n) is 9.03. The number of amides is 1. The largest absolute Gasteiger partial charge is 0.459 e. The lowest BCUT2D eigenvalue weighted by Gasteiger charge is -2.25. The second kappa shape index (κ2) is 14.2. The molecule has 36 heavy (non-hydrogen) atoms. The lowest BCUT2D eigenvalue weighted by Crippen LogP contribution is -2.53. The molecular weight excluding hydrogens is 472 g/mol. The van der Waals surface area contributed by atoms with Gasteiger partial charge in [-0.2, -0.15) is 0 Å². The lowest BCUT2D eigenvalue weighted by molar-refractivity contribution is -0.172. The van der Waals surface area contributed by atoms with E-state index in [0.717, 1.165) is 6.92 Å². The van der Waals surface area contributed by atoms with Crippen LogP contribution in [0.4, 0.5) is 0 Å². The number of hydrogen-bond acceptors (Lipinski definition) is 10. The van der Waals surface area contributed by atoms with Crippen LogP contribution in [0.5, 0.6) is 5.75 Å². The molecule has 0 aliphatic rings. The number of carbonyl (C=O) groups excluding carboxylic acids is 5. The molecule has 0 aliphatic carbocycles. The summed E-state index contributed by atoms with van der Waals surface area (Å²) < 4.78 is 20.6. The van der Waals surface area contributed by atoms with E-state index in [4.69, 9.17) is 24.7 Å². The minimum absolute atomic E-state index is 0.116. The molecular formula is C25H36N2O9. The molecule has 11 heteroatoms. The van der Waals surface area contributed by atoms with E-state index in [9.17, 15) is 24.0 Å². The normalized spacial score (nSPS) is 14.3. The smallest absolute Gasteiger partial charge is 0.352 e. The van der Waals surface area contributed by atoms with Gasteiger partial charge in [0.25, 0.3) is 0 Å². The van der Waals surface area contributed by atoms with Gasteiger partial charge in [0.1, 0.15) is 24.5 Å². The Morgan fingerprint density at radius 1 is 0.833 bits per heavy atom. The van der Waals surface area contributed by atoms with E-state index in [1.54, 1.807) is 27.7 Å². The van der Waals surface area contributed by atoms with Crippen molar-refractivity contribution in [2.24, 2.45) is 17.6 Å². The van der Waals surface area contributed by atoms with Crippen LogP contribution < -0.4 is 15.8 Å². The summed E-state index contributed by atoms with van der Waals surface area (Å²) in [6, 6.07) is 4.07. The van der Waals surface area contributed by atoms with Gasteiger partial charge in [-0.05, 0) is 30.9 Å². The zero-order valence-corrected chi connectivity index (χ0v) is 21.7. The van der Waals surface area contributed by atoms with E-state index in [-0.39, 0.29) is 24.2 Å². The summed E-state index contributed by atoms with van der Waals surface area (Å²) in [5, 5.41) is 2.61. The van der Waals surface area contributed by atoms with Gasteiger partial charge in [-0.25, -0.2) is 9.59 Å². The zero-order valence-electron chi connectivity index (χ0n) is 21.7. The molecule has 0 radical (unpaired) electrons. The zero-order chi connectivity index (χ0) is 27.6. The maximum absolute atomic E-state index is 12.7. The van der Waals surface area contributed by atoms with Crippen molar-refractivity contribution in [2.75, 3.05) is 6.61 Å². The lowest BCUT2D eigenvalue weighted by atomic mass is 10.0. The Morgan fingerprint density at radius 3 is 1.89 bits per heavy atom. The fourth-order valence-corrected chi connectivity index (χ4v) is 2.93. The number of benzene rings is 1. The van der Waals surface area contributed by atoms with Crippen LogP contribution in [0.2, 0.25) is 0 Å². The van der Waals surface area contributed by atoms with Crippen LogP contribution >= 0.6 is 0 Å². The molecule has 0 aromatic heterocycles. The molecule has 1 amide bonds. The molecule has 4 atom stereocenters. The summed E-state index contributed by atoms with van der Waals surface area (Å²) >= 11 is 0. The number of hydrogen-bond donors (Lipinski definition) is 2. The van der Waals surface area contributed by atoms with Crippen molar-refractivity contribution in [3.05, 3.63) is 29.8 Å². The number of nitrogens with one attached hydrogen (secondary N) is 1. The minimum Gasteiger partial charge on any atom is -0.459 e. The third kappa shape index (κ3) is 10.0. The van der Waals surface area contributed by atoms with E-state index in [1.165, 1.54) is 38.1 Å². The molecule has 1 aromatic carbocycles. The van der Waals surface area contributed by atoms with Crippen molar-refractivity contribution in [1.82, 2.24) is 5.32 Å². The van der Waals surface area contributed by atoms with Gasteiger partial charge in [-0.1, -0.05) is 39.8 Å². The third-order valence-corrected chi connectivity index (χ3v) is 4.96. The highest BCUT2D eigenvalue weighted by Gasteiger charge is 2.31. The maximum atomic E-state index is 12.7. The molecule has 0 saturated carbocycles. The first-order chi connectivity index (χ1) is 16.7. The highest BCUT2D eigenvalue weighted by Crippen LogP contribution is 2.23. The van der Waals surface area contributed by atoms with Crippen molar-refractivity contribution in [1.29, 1.82) is 0 Å². The molecule has 1 unspecified atom stereocenters. The van der Waals surface area contributed by atoms with E-state index < -0.39 is 54.1 Å². The summed E-state index contributed by atoms with van der Waals surface area (Å²) in [6.07, 6.45) is -2.24. The van der Waals surface area contributed by atoms with Crippen LogP contribution in [-0.2, 0) is 38.2 Å². The average Bonchev–Trinajstić information content (AvgIpc) is 2.78. The Hall–Kier alpha value is -3.47. The first-order valence-corrected chi connectivity index (χ1v) is 11.6. The predicted octanol–water partition coefficient (Wildman–Crippen LogP) is 1.82. The highest BCUT2D eigenvalue weighted by atomic mass is 16.6. The highest BCUT2D eigenvalue weighted by molar-refractivity contribution is 5.87. The molecule has 3 N–H and O–H groups in total. The van der Waals surface area contributed by atoms with Crippen LogP contribution in [0.15, 0.2) is 24.3 Å². The Balaban J connectivity index is 2.79. The van der Waals surface area contributed by atoms with Crippen LogP contribution in [0.3, 0.4) is 0 Å². The van der Waals surface area contributed by atoms with Gasteiger partial charge in [0.2, 0.25) is 12.0 Å². The quantitative estimate of drug-likeness (QED) is 0.242. The van der Waals surface area contributed by atoms with Gasteiger partial charge < -0.3 is 30.0 Å². The SMILES string of the molecule is CC(=O)Oc1ccc([C@@H](OC(C)=O)C(=O)OCC(C)OC(=O)[C@@H](NC(=O)[C@@H](N)C(C)C)C(C)C)cc1. The van der Waals surface area contributed by atoms with E-state index in [2.05, 4.69) is 5.32 Å². The number of rotatable bonds is 12. The van der Waals surface area contributed by atoms with Crippen molar-refractivity contribution in [3.63, 3.8) is 0 Å². The molecule has 0 bridgehead atoms. The maximum Gasteiger partial charge on any atom is 0.352 e. The van der Waals surface area contributed by atoms with Crippen molar-refractivity contribution in [2.45, 2.75) is 72.8 Å². The monoisotopic (exact) mass is 508 g/mol. The van der Waals surface area contributed by atoms with Crippen molar-refractivity contribution >= 4 is 29.8 Å². The minimum atomic E-state index is -1.38. The van der Waals surface area contributed by atoms with Crippen molar-refractivity contribution < 1.29 is 42.9 Å². The molecule has 0 aliphatic heterocycles. The molecule has 200 valence electrons. The molecule has 11 nitrogen and oxygen atoms in total. The van der Waals surface area contributed by atoms with Gasteiger partial charge >= 0.3 is 23.9 Å². The molecule has 1 aromatic rings. The first-order valence-electron chi connectivity index (χ1n) is 11.6. The standard InChI is InChI=1S/C25H36N2O9/c1-13(2)20(26)23(30)27-21(14(3)4)24(31)34-15(5)12-33-25(32)22(36-17(7)29)18-8-10-19(11-9-18)35-16(6)28/h8-11,13-15,20-22H,12,26H2,1-7H3,(H,27,30)/t15?,20-,21-,22+/m0/s1. The number of nitrogens with two attached hydrogens (primary N) is 1. The second-order valence-corrected chi connectivity index (χ2v) is 9.03. The van der Waals surface area contributed by atoms with E-state index in [0.29, 0.717) is 5.56 Å². The first kappa shape index (κ1) is 30.6. The Labute approximate surface area is 211 Å². The number of ether oxygens (including phenoxy) is 4. The Morgan fingerprint density at radius 2 is 1.42 bits per heavy atom. The van der Waals surface area contributed by atoms with Gasteiger partial charge in [0.05, 0.1) is 6.04 Å². The topological polar surface area (TPSA) is 160 Å². The fourth-order valence-electron chi connectivity index (χ4n) is 2.93. The summed E-state index contributed by atoms with van der Waals surface area (Å²) in [4.78, 5) is 60.2. The van der Waals surface area contributed by atoms with Crippen LogP contribution in [0.25, 0.3) is 0 Å². The third-order valence-electron chi connectivity index (χ3n) is 4.96. The molecule has 0 heterocycles. The van der Waals surface area contributed by atoms with Gasteiger partial charge in [-0.15, -0.1) is 0 Å². The predicted molar refractivity (Wildman–Crippen MR) is 128 cm³/mol. The summed E-state index contributed by atoms with van der Waals surface area (Å²) in [5.74, 6) is -3.42. The van der Waals surface area contributed by atoms with Gasteiger partial charge in [-0.3, -0.25) is 14.4 Å². The van der Waals surface area contributed by atoms with Crippen LogP contribution in [0, 0.1) is 11.8 Å². The summed E-state index contributed by atoms with van der Waals surface area (Å²) in [6.45, 7) is 10.7. The number of esters is 4. The van der Waals surface area contributed by atoms with E-state index in [1.807, 2.05) is 0 Å². The summed E-state index contributed by atoms with van der Waals surface area (Å²) in [7, 11) is 0. The van der Waals surface area contributed by atoms with E-state index >= 15 is 0 Å². The van der Waals surface area contributed by atoms with Crippen LogP contribution in [0.1, 0.15) is 60.1 Å². The molecule has 1 rings (SSSR count). The summed E-state index contributed by atoms with van der Waals surface area (Å²) in [5.41, 5.74) is 6.14. The fraction of sp³-hybridized carbons (Fsp3) is 0.560. The Kier molecular flexibility index (Phi) is 12.0. The molecule has 0 fully saturated rings. The molecule has 0 spiro atoms. The van der Waals surface area contributed by atoms with Gasteiger partial charge in [0, 0.05) is 19.4 Å². The van der Waals surface area contributed by atoms with Gasteiger partial charge in [0.15, 0.2) is 0 Å². The average molecular weight is 509 g/mol. The van der Waals surface area contributed by atoms with Crippen LogP contribution in [-0.4, -0.2) is 54.6 Å².